The Morgan fingerprint density at radius 1 is 1.00 bits per heavy atom. The van der Waals surface area contributed by atoms with Gasteiger partial charge in [-0.05, 0) is 67.6 Å². The number of amides is 2. The van der Waals surface area contributed by atoms with Crippen LogP contribution in [0.5, 0.6) is 17.2 Å². The minimum Gasteiger partial charge on any atom is -0.497 e. The molecule has 0 saturated heterocycles. The summed E-state index contributed by atoms with van der Waals surface area (Å²) in [4.78, 5) is 28.3. The van der Waals surface area contributed by atoms with E-state index in [0.29, 0.717) is 32.4 Å². The van der Waals surface area contributed by atoms with Crippen molar-refractivity contribution in [1.29, 1.82) is 0 Å². The third kappa shape index (κ3) is 7.91. The zero-order valence-corrected chi connectivity index (χ0v) is 21.1. The van der Waals surface area contributed by atoms with Gasteiger partial charge in [-0.2, -0.15) is 0 Å². The highest BCUT2D eigenvalue weighted by molar-refractivity contribution is 5.87. The predicted molar refractivity (Wildman–Crippen MR) is 136 cm³/mol. The summed E-state index contributed by atoms with van der Waals surface area (Å²) >= 11 is 0. The van der Waals surface area contributed by atoms with Crippen LogP contribution in [-0.4, -0.2) is 49.6 Å². The van der Waals surface area contributed by atoms with Gasteiger partial charge in [-0.15, -0.1) is 0 Å². The van der Waals surface area contributed by atoms with Gasteiger partial charge < -0.3 is 24.4 Å². The molecule has 190 valence electrons. The third-order valence-electron chi connectivity index (χ3n) is 6.44. The first-order valence-electron chi connectivity index (χ1n) is 12.5. The molecule has 1 fully saturated rings. The van der Waals surface area contributed by atoms with E-state index in [-0.39, 0.29) is 17.9 Å². The molecule has 0 heterocycles. The van der Waals surface area contributed by atoms with Gasteiger partial charge in [0.15, 0.2) is 0 Å². The van der Waals surface area contributed by atoms with Crippen molar-refractivity contribution in [3.8, 4) is 17.2 Å². The van der Waals surface area contributed by atoms with Crippen molar-refractivity contribution in [2.45, 2.75) is 70.5 Å². The molecule has 3 rings (SSSR count). The number of carbonyl (C=O) groups is 2. The van der Waals surface area contributed by atoms with Crippen molar-refractivity contribution < 1.29 is 23.8 Å². The standard InChI is InChI=1S/C28H38N2O5/c1-4-26(28(32)29-22-10-5-6-11-22)30(20-21-9-7-12-25(19-21)34-3)27(31)13-8-18-35-24-16-14-23(33-2)15-17-24/h7,9,12,14-17,19,22,26H,4-6,8,10-11,13,18,20H2,1-3H3,(H,29,32)/t26-/m0/s1. The van der Waals surface area contributed by atoms with Gasteiger partial charge in [0, 0.05) is 19.0 Å². The van der Waals surface area contributed by atoms with Crippen molar-refractivity contribution in [2.24, 2.45) is 0 Å². The number of benzene rings is 2. The van der Waals surface area contributed by atoms with E-state index < -0.39 is 6.04 Å². The lowest BCUT2D eigenvalue weighted by molar-refractivity contribution is -0.141. The van der Waals surface area contributed by atoms with Gasteiger partial charge in [0.05, 0.1) is 20.8 Å². The summed E-state index contributed by atoms with van der Waals surface area (Å²) < 4.78 is 16.3. The molecule has 0 spiro atoms. The first kappa shape index (κ1) is 26.4. The number of rotatable bonds is 13. The minimum atomic E-state index is -0.517. The Hall–Kier alpha value is -3.22. The first-order valence-corrected chi connectivity index (χ1v) is 12.5. The number of hydrogen-bond acceptors (Lipinski definition) is 5. The van der Waals surface area contributed by atoms with Crippen LogP contribution in [0, 0.1) is 0 Å². The Balaban J connectivity index is 1.64. The number of carbonyl (C=O) groups excluding carboxylic acids is 2. The summed E-state index contributed by atoms with van der Waals surface area (Å²) in [7, 11) is 3.24. The maximum absolute atomic E-state index is 13.4. The smallest absolute Gasteiger partial charge is 0.243 e. The van der Waals surface area contributed by atoms with Gasteiger partial charge >= 0.3 is 0 Å². The van der Waals surface area contributed by atoms with Crippen molar-refractivity contribution in [2.75, 3.05) is 20.8 Å². The summed E-state index contributed by atoms with van der Waals surface area (Å²) in [5.41, 5.74) is 0.930. The van der Waals surface area contributed by atoms with Crippen molar-refractivity contribution >= 4 is 11.8 Å². The molecular formula is C28H38N2O5. The molecule has 1 N–H and O–H groups in total. The molecule has 1 atom stereocenters. The average molecular weight is 483 g/mol. The van der Waals surface area contributed by atoms with E-state index in [2.05, 4.69) is 5.32 Å². The zero-order chi connectivity index (χ0) is 25.0. The van der Waals surface area contributed by atoms with Crippen LogP contribution in [0.15, 0.2) is 48.5 Å². The molecule has 2 amide bonds. The fourth-order valence-electron chi connectivity index (χ4n) is 4.48. The number of hydrogen-bond donors (Lipinski definition) is 1. The van der Waals surface area contributed by atoms with Crippen LogP contribution in [0.3, 0.4) is 0 Å². The number of nitrogens with zero attached hydrogens (tertiary/aromatic N) is 1. The molecule has 0 aliphatic heterocycles. The average Bonchev–Trinajstić information content (AvgIpc) is 3.39. The molecule has 0 aromatic heterocycles. The summed E-state index contributed by atoms with van der Waals surface area (Å²) in [6.07, 6.45) is 5.71. The molecule has 1 saturated carbocycles. The summed E-state index contributed by atoms with van der Waals surface area (Å²) in [6, 6.07) is 14.7. The molecule has 2 aromatic rings. The Kier molecular flexibility index (Phi) is 10.3. The van der Waals surface area contributed by atoms with Gasteiger partial charge in [0.1, 0.15) is 23.3 Å². The Morgan fingerprint density at radius 3 is 2.34 bits per heavy atom. The van der Waals surface area contributed by atoms with E-state index >= 15 is 0 Å². The van der Waals surface area contributed by atoms with E-state index in [1.807, 2.05) is 55.5 Å². The molecule has 0 radical (unpaired) electrons. The van der Waals surface area contributed by atoms with Crippen LogP contribution in [0.25, 0.3) is 0 Å². The van der Waals surface area contributed by atoms with Crippen LogP contribution in [-0.2, 0) is 16.1 Å². The van der Waals surface area contributed by atoms with Gasteiger partial charge in [-0.3, -0.25) is 9.59 Å². The predicted octanol–water partition coefficient (Wildman–Crippen LogP) is 4.73. The lowest BCUT2D eigenvalue weighted by atomic mass is 10.1. The van der Waals surface area contributed by atoms with Crippen LogP contribution in [0.4, 0.5) is 0 Å². The maximum atomic E-state index is 13.4. The van der Waals surface area contributed by atoms with E-state index in [0.717, 1.165) is 48.5 Å². The molecule has 1 aliphatic rings. The highest BCUT2D eigenvalue weighted by Crippen LogP contribution is 2.21. The minimum absolute atomic E-state index is 0.0560. The third-order valence-corrected chi connectivity index (χ3v) is 6.44. The Morgan fingerprint density at radius 2 is 1.69 bits per heavy atom. The Bertz CT molecular complexity index is 941. The SMILES string of the molecule is CC[C@@H](C(=O)NC1CCCC1)N(Cc1cccc(OC)c1)C(=O)CCCOc1ccc(OC)cc1. The summed E-state index contributed by atoms with van der Waals surface area (Å²) in [5, 5.41) is 3.18. The van der Waals surface area contributed by atoms with E-state index in [1.165, 1.54) is 0 Å². The molecule has 1 aliphatic carbocycles. The number of ether oxygens (including phenoxy) is 3. The Labute approximate surface area is 208 Å². The van der Waals surface area contributed by atoms with Crippen molar-refractivity contribution in [3.63, 3.8) is 0 Å². The fraction of sp³-hybridized carbons (Fsp3) is 0.500. The van der Waals surface area contributed by atoms with Gasteiger partial charge in [-0.1, -0.05) is 31.9 Å². The van der Waals surface area contributed by atoms with Crippen LogP contribution < -0.4 is 19.5 Å². The van der Waals surface area contributed by atoms with Gasteiger partial charge in [-0.25, -0.2) is 0 Å². The lowest BCUT2D eigenvalue weighted by Gasteiger charge is -2.31. The molecule has 7 nitrogen and oxygen atoms in total. The van der Waals surface area contributed by atoms with E-state index in [9.17, 15) is 9.59 Å². The number of methoxy groups -OCH3 is 2. The second kappa shape index (κ2) is 13.6. The highest BCUT2D eigenvalue weighted by atomic mass is 16.5. The zero-order valence-electron chi connectivity index (χ0n) is 21.1. The topological polar surface area (TPSA) is 77.1 Å². The summed E-state index contributed by atoms with van der Waals surface area (Å²) in [6.45, 7) is 2.72. The van der Waals surface area contributed by atoms with E-state index in [4.69, 9.17) is 14.2 Å². The van der Waals surface area contributed by atoms with Crippen LogP contribution >= 0.6 is 0 Å². The second-order valence-electron chi connectivity index (χ2n) is 8.91. The second-order valence-corrected chi connectivity index (χ2v) is 8.91. The van der Waals surface area contributed by atoms with Crippen molar-refractivity contribution in [1.82, 2.24) is 10.2 Å². The normalized spacial score (nSPS) is 14.3. The lowest BCUT2D eigenvalue weighted by Crippen LogP contribution is -2.50. The van der Waals surface area contributed by atoms with E-state index in [1.54, 1.807) is 19.1 Å². The van der Waals surface area contributed by atoms with Gasteiger partial charge in [0.25, 0.3) is 0 Å². The van der Waals surface area contributed by atoms with Crippen molar-refractivity contribution in [3.05, 3.63) is 54.1 Å². The molecule has 35 heavy (non-hydrogen) atoms. The van der Waals surface area contributed by atoms with Gasteiger partial charge in [0.2, 0.25) is 11.8 Å². The molecule has 0 unspecified atom stereocenters. The highest BCUT2D eigenvalue weighted by Gasteiger charge is 2.30. The largest absolute Gasteiger partial charge is 0.497 e. The molecule has 2 aromatic carbocycles. The number of nitrogens with one attached hydrogen (secondary N) is 1. The quantitative estimate of drug-likeness (QED) is 0.418. The first-order chi connectivity index (χ1) is 17.0. The molecular weight excluding hydrogens is 444 g/mol. The van der Waals surface area contributed by atoms with Crippen LogP contribution in [0.2, 0.25) is 0 Å². The summed E-state index contributed by atoms with van der Waals surface area (Å²) in [5.74, 6) is 2.10. The molecule has 7 heteroatoms. The monoisotopic (exact) mass is 482 g/mol. The van der Waals surface area contributed by atoms with Crippen LogP contribution in [0.1, 0.15) is 57.4 Å². The maximum Gasteiger partial charge on any atom is 0.243 e. The fourth-order valence-corrected chi connectivity index (χ4v) is 4.48. The molecule has 0 bridgehead atoms.